The molecule has 0 heterocycles. The minimum absolute atomic E-state index is 0.0150. The van der Waals surface area contributed by atoms with Crippen molar-refractivity contribution in [3.8, 4) is 6.07 Å². The average molecular weight is 522 g/mol. The standard InChI is InChI=1S/C33H47NO4/c1-19(35)38-18-20-16-29(2,3)22(17-34)27-21(20)9-13-33(8)28(27)23(36)15-25-31(6)12-11-26(37)30(4,5)24(31)10-14-32(25,33)7/h11-12,20-22,24-25,27-28H,9-10,13-16,18H2,1-8H3/t20-,21+,22?,24-,25?,27-,28+,31-,32+,33+/m0/s1. The smallest absolute Gasteiger partial charge is 0.302 e. The van der Waals surface area contributed by atoms with Gasteiger partial charge in [0.15, 0.2) is 5.78 Å². The van der Waals surface area contributed by atoms with Crippen LogP contribution in [0.4, 0.5) is 0 Å². The van der Waals surface area contributed by atoms with Crippen molar-refractivity contribution in [3.05, 3.63) is 12.2 Å². The van der Waals surface area contributed by atoms with Gasteiger partial charge in [0.05, 0.1) is 18.6 Å². The van der Waals surface area contributed by atoms with Crippen LogP contribution < -0.4 is 0 Å². The van der Waals surface area contributed by atoms with Crippen molar-refractivity contribution in [1.82, 2.24) is 0 Å². The molecule has 0 aromatic heterocycles. The summed E-state index contributed by atoms with van der Waals surface area (Å²) in [5.74, 6) is 0.674. The van der Waals surface area contributed by atoms with E-state index in [4.69, 9.17) is 4.74 Å². The second kappa shape index (κ2) is 8.52. The Morgan fingerprint density at radius 1 is 1.03 bits per heavy atom. The highest BCUT2D eigenvalue weighted by Gasteiger charge is 2.71. The fourth-order valence-corrected chi connectivity index (χ4v) is 11.2. The number of ether oxygens (including phenoxy) is 1. The van der Waals surface area contributed by atoms with Gasteiger partial charge in [0, 0.05) is 24.7 Å². The minimum Gasteiger partial charge on any atom is -0.466 e. The van der Waals surface area contributed by atoms with Gasteiger partial charge in [0.2, 0.25) is 0 Å². The first-order chi connectivity index (χ1) is 17.5. The lowest BCUT2D eigenvalue weighted by atomic mass is 9.32. The van der Waals surface area contributed by atoms with Crippen molar-refractivity contribution in [2.75, 3.05) is 6.61 Å². The summed E-state index contributed by atoms with van der Waals surface area (Å²) in [5, 5.41) is 10.5. The Kier molecular flexibility index (Phi) is 6.19. The molecule has 4 fully saturated rings. The molecular weight excluding hydrogens is 474 g/mol. The van der Waals surface area contributed by atoms with Crippen LogP contribution in [0.3, 0.4) is 0 Å². The Morgan fingerprint density at radius 2 is 1.68 bits per heavy atom. The third-order valence-corrected chi connectivity index (χ3v) is 13.2. The summed E-state index contributed by atoms with van der Waals surface area (Å²) in [7, 11) is 0. The monoisotopic (exact) mass is 521 g/mol. The number of fused-ring (bicyclic) bond motifs is 7. The lowest BCUT2D eigenvalue weighted by Gasteiger charge is -2.71. The molecule has 208 valence electrons. The zero-order chi connectivity index (χ0) is 28.1. The summed E-state index contributed by atoms with van der Waals surface area (Å²) >= 11 is 0. The van der Waals surface area contributed by atoms with E-state index < -0.39 is 5.41 Å². The molecule has 10 atom stereocenters. The van der Waals surface area contributed by atoms with Gasteiger partial charge in [-0.2, -0.15) is 5.26 Å². The van der Waals surface area contributed by atoms with Crippen molar-refractivity contribution >= 4 is 17.5 Å². The molecule has 5 aliphatic carbocycles. The molecule has 0 amide bonds. The van der Waals surface area contributed by atoms with Crippen LogP contribution in [0.1, 0.15) is 93.9 Å². The normalized spacial score (nSPS) is 48.6. The highest BCUT2D eigenvalue weighted by atomic mass is 16.5. The molecule has 0 N–H and O–H groups in total. The number of allylic oxidation sites excluding steroid dienone is 2. The molecule has 38 heavy (non-hydrogen) atoms. The second-order valence-corrected chi connectivity index (χ2v) is 15.6. The molecule has 0 aromatic rings. The number of carbonyl (C=O) groups excluding carboxylic acids is 3. The Bertz CT molecular complexity index is 1130. The summed E-state index contributed by atoms with van der Waals surface area (Å²) in [6, 6.07) is 2.69. The van der Waals surface area contributed by atoms with Crippen LogP contribution in [0.15, 0.2) is 12.2 Å². The molecule has 5 heteroatoms. The number of carbonyl (C=O) groups is 3. The first-order valence-corrected chi connectivity index (χ1v) is 14.8. The van der Waals surface area contributed by atoms with Crippen molar-refractivity contribution in [2.24, 2.45) is 68.5 Å². The summed E-state index contributed by atoms with van der Waals surface area (Å²) in [5.41, 5.74) is -1.15. The van der Waals surface area contributed by atoms with E-state index in [2.05, 4.69) is 60.6 Å². The number of Topliss-reactive ketones (excluding diaryl/α,β-unsaturated/α-hetero) is 1. The van der Waals surface area contributed by atoms with Gasteiger partial charge in [0.1, 0.15) is 5.78 Å². The van der Waals surface area contributed by atoms with E-state index in [0.717, 1.165) is 32.1 Å². The highest BCUT2D eigenvalue weighted by Crippen LogP contribution is 2.74. The van der Waals surface area contributed by atoms with Gasteiger partial charge in [0.25, 0.3) is 0 Å². The van der Waals surface area contributed by atoms with E-state index in [1.165, 1.54) is 6.92 Å². The van der Waals surface area contributed by atoms with E-state index in [-0.39, 0.29) is 74.8 Å². The van der Waals surface area contributed by atoms with E-state index in [1.54, 1.807) is 6.08 Å². The summed E-state index contributed by atoms with van der Waals surface area (Å²) in [6.45, 7) is 17.5. The van der Waals surface area contributed by atoms with Crippen LogP contribution in [0, 0.1) is 79.8 Å². The molecule has 0 radical (unpaired) electrons. The molecule has 5 aliphatic rings. The molecule has 0 aromatic carbocycles. The maximum Gasteiger partial charge on any atom is 0.302 e. The number of rotatable bonds is 2. The minimum atomic E-state index is -0.424. The van der Waals surface area contributed by atoms with Gasteiger partial charge in [-0.25, -0.2) is 0 Å². The third kappa shape index (κ3) is 3.50. The maximum atomic E-state index is 14.5. The van der Waals surface area contributed by atoms with Gasteiger partial charge in [-0.1, -0.05) is 54.5 Å². The molecular formula is C33H47NO4. The predicted octanol–water partition coefficient (Wildman–Crippen LogP) is 6.56. The lowest BCUT2D eigenvalue weighted by Crippen LogP contribution is -2.68. The first-order valence-electron chi connectivity index (χ1n) is 14.8. The topological polar surface area (TPSA) is 84.2 Å². The first kappa shape index (κ1) is 27.6. The van der Waals surface area contributed by atoms with E-state index >= 15 is 0 Å². The zero-order valence-electron chi connectivity index (χ0n) is 24.7. The second-order valence-electron chi connectivity index (χ2n) is 15.6. The van der Waals surface area contributed by atoms with Gasteiger partial charge < -0.3 is 4.74 Å². The molecule has 4 saturated carbocycles. The van der Waals surface area contributed by atoms with Crippen molar-refractivity contribution in [2.45, 2.75) is 93.9 Å². The van der Waals surface area contributed by atoms with E-state index in [1.807, 2.05) is 0 Å². The Balaban J connectivity index is 1.58. The van der Waals surface area contributed by atoms with Crippen molar-refractivity contribution in [1.29, 1.82) is 5.26 Å². The molecule has 5 rings (SSSR count). The van der Waals surface area contributed by atoms with Crippen LogP contribution in [0.2, 0.25) is 0 Å². The van der Waals surface area contributed by atoms with Gasteiger partial charge >= 0.3 is 5.97 Å². The number of esters is 1. The fraction of sp³-hybridized carbons (Fsp3) is 0.818. The Labute approximate surface area is 229 Å². The molecule has 0 bridgehead atoms. The van der Waals surface area contributed by atoms with E-state index in [0.29, 0.717) is 18.8 Å². The number of nitrogens with zero attached hydrogens (tertiary/aromatic N) is 1. The van der Waals surface area contributed by atoms with Crippen LogP contribution in [0.5, 0.6) is 0 Å². The quantitative estimate of drug-likeness (QED) is 0.384. The molecule has 0 saturated heterocycles. The zero-order valence-corrected chi connectivity index (χ0v) is 24.7. The SMILES string of the molecule is CC(=O)OC[C@@H]1CC(C)(C)C(C#N)[C@@H]2[C@@H]1CC[C@]1(C)[C@@H]2C(=O)CC2[C@@]3(C)C=CC(=O)C(C)(C)[C@@H]3CC[C@]21C. The van der Waals surface area contributed by atoms with Gasteiger partial charge in [-0.15, -0.1) is 0 Å². The predicted molar refractivity (Wildman–Crippen MR) is 145 cm³/mol. The molecule has 0 aliphatic heterocycles. The Hall–Kier alpha value is -1.96. The number of nitriles is 1. The summed E-state index contributed by atoms with van der Waals surface area (Å²) in [4.78, 5) is 39.1. The summed E-state index contributed by atoms with van der Waals surface area (Å²) < 4.78 is 5.54. The number of ketones is 2. The Morgan fingerprint density at radius 3 is 2.32 bits per heavy atom. The van der Waals surface area contributed by atoms with Gasteiger partial charge in [-0.05, 0) is 89.4 Å². The van der Waals surface area contributed by atoms with Crippen LogP contribution in [-0.4, -0.2) is 24.1 Å². The highest BCUT2D eigenvalue weighted by molar-refractivity contribution is 5.96. The van der Waals surface area contributed by atoms with Gasteiger partial charge in [-0.3, -0.25) is 14.4 Å². The van der Waals surface area contributed by atoms with E-state index in [9.17, 15) is 19.6 Å². The van der Waals surface area contributed by atoms with Crippen LogP contribution in [0.25, 0.3) is 0 Å². The van der Waals surface area contributed by atoms with Crippen molar-refractivity contribution < 1.29 is 19.1 Å². The third-order valence-electron chi connectivity index (χ3n) is 13.2. The lowest BCUT2D eigenvalue weighted by molar-refractivity contribution is -0.220. The number of hydrogen-bond acceptors (Lipinski definition) is 5. The molecule has 0 spiro atoms. The molecule has 2 unspecified atom stereocenters. The van der Waals surface area contributed by atoms with Crippen LogP contribution >= 0.6 is 0 Å². The van der Waals surface area contributed by atoms with Crippen LogP contribution in [-0.2, 0) is 19.1 Å². The summed E-state index contributed by atoms with van der Waals surface area (Å²) in [6.07, 6.45) is 9.24. The largest absolute Gasteiger partial charge is 0.466 e. The van der Waals surface area contributed by atoms with Crippen molar-refractivity contribution in [3.63, 3.8) is 0 Å². The number of hydrogen-bond donors (Lipinski definition) is 0. The molecule has 5 nitrogen and oxygen atoms in total. The average Bonchev–Trinajstić information content (AvgIpc) is 2.81. The fourth-order valence-electron chi connectivity index (χ4n) is 11.2. The maximum absolute atomic E-state index is 14.5.